The van der Waals surface area contributed by atoms with Crippen molar-refractivity contribution in [2.24, 2.45) is 0 Å². The highest BCUT2D eigenvalue weighted by atomic mass is 16.5. The Morgan fingerprint density at radius 3 is 2.61 bits per heavy atom. The number of carbonyl (C=O) groups is 1. The van der Waals surface area contributed by atoms with Crippen molar-refractivity contribution in [2.75, 3.05) is 64.1 Å². The molecule has 0 bridgehead atoms. The molecular formula is C34H47N5O2. The standard InChI is InChI=1S/C34H47N5O2/c1-7-39(32-12-9-8-11-31(32)36-25(2)3)34(40)28-13-15-29(26-14-16-30-27(23-26)17-18-35-30)33(24-28)41-22-10-19-38(6)21-20-37(4)5/h8-9,11-18,23,25,33,35-36H,7,10,19-22,24H2,1-6H3. The van der Waals surface area contributed by atoms with E-state index in [1.165, 1.54) is 5.39 Å². The molecule has 0 radical (unpaired) electrons. The molecule has 7 heteroatoms. The number of ether oxygens (including phenoxy) is 1. The SMILES string of the molecule is CCN(C(=O)C1=CC=C(c2ccc3[nH]ccc3c2)C(OCCCN(C)CCN(C)C)C1)c1ccccc1NC(C)C. The number of rotatable bonds is 14. The Labute approximate surface area is 245 Å². The molecule has 1 heterocycles. The first kappa shape index (κ1) is 30.6. The zero-order valence-corrected chi connectivity index (χ0v) is 25.6. The molecule has 7 nitrogen and oxygen atoms in total. The van der Waals surface area contributed by atoms with Crippen molar-refractivity contribution in [1.29, 1.82) is 0 Å². The third kappa shape index (κ3) is 8.09. The molecule has 1 amide bonds. The molecule has 0 saturated carbocycles. The Balaban J connectivity index is 1.54. The number of amides is 1. The summed E-state index contributed by atoms with van der Waals surface area (Å²) in [6.45, 7) is 10.5. The van der Waals surface area contributed by atoms with E-state index in [2.05, 4.69) is 85.4 Å². The van der Waals surface area contributed by atoms with E-state index in [1.807, 2.05) is 48.4 Å². The van der Waals surface area contributed by atoms with Crippen molar-refractivity contribution in [2.45, 2.75) is 45.8 Å². The van der Waals surface area contributed by atoms with Gasteiger partial charge in [-0.3, -0.25) is 4.79 Å². The molecule has 0 aliphatic heterocycles. The zero-order chi connectivity index (χ0) is 29.4. The lowest BCUT2D eigenvalue weighted by molar-refractivity contribution is -0.115. The van der Waals surface area contributed by atoms with Gasteiger partial charge >= 0.3 is 0 Å². The molecule has 1 unspecified atom stereocenters. The van der Waals surface area contributed by atoms with E-state index in [4.69, 9.17) is 4.74 Å². The summed E-state index contributed by atoms with van der Waals surface area (Å²) in [4.78, 5) is 23.7. The Hall–Kier alpha value is -3.39. The van der Waals surface area contributed by atoms with Crippen molar-refractivity contribution >= 4 is 33.8 Å². The van der Waals surface area contributed by atoms with Gasteiger partial charge in [0.25, 0.3) is 5.91 Å². The molecule has 1 aliphatic carbocycles. The van der Waals surface area contributed by atoms with Crippen LogP contribution in [0.4, 0.5) is 11.4 Å². The van der Waals surface area contributed by atoms with E-state index in [-0.39, 0.29) is 18.1 Å². The number of para-hydroxylation sites is 2. The molecule has 220 valence electrons. The molecule has 2 N–H and O–H groups in total. The van der Waals surface area contributed by atoms with E-state index in [0.717, 1.165) is 59.7 Å². The van der Waals surface area contributed by atoms with Gasteiger partial charge in [0, 0.05) is 62.5 Å². The Bertz CT molecular complexity index is 1360. The van der Waals surface area contributed by atoms with Crippen LogP contribution < -0.4 is 10.2 Å². The number of nitrogens with zero attached hydrogens (tertiary/aromatic N) is 3. The van der Waals surface area contributed by atoms with Crippen LogP contribution in [0.25, 0.3) is 16.5 Å². The average molecular weight is 558 g/mol. The number of likely N-dealkylation sites (N-methyl/N-ethyl adjacent to an activating group) is 3. The number of H-pyrrole nitrogens is 1. The number of carbonyl (C=O) groups excluding carboxylic acids is 1. The Morgan fingerprint density at radius 1 is 1.05 bits per heavy atom. The average Bonchev–Trinajstić information content (AvgIpc) is 3.43. The van der Waals surface area contributed by atoms with Gasteiger partial charge < -0.3 is 29.7 Å². The molecule has 0 saturated heterocycles. The maximum atomic E-state index is 14.0. The molecule has 2 aromatic carbocycles. The van der Waals surface area contributed by atoms with Crippen molar-refractivity contribution < 1.29 is 9.53 Å². The molecule has 1 aromatic heterocycles. The Morgan fingerprint density at radius 2 is 1.85 bits per heavy atom. The summed E-state index contributed by atoms with van der Waals surface area (Å²) in [6.07, 6.45) is 7.34. The second-order valence-electron chi connectivity index (χ2n) is 11.5. The first-order valence-electron chi connectivity index (χ1n) is 14.9. The van der Waals surface area contributed by atoms with Gasteiger partial charge in [-0.1, -0.05) is 30.4 Å². The number of anilines is 2. The summed E-state index contributed by atoms with van der Waals surface area (Å²) < 4.78 is 6.56. The van der Waals surface area contributed by atoms with Gasteiger partial charge in [-0.15, -0.1) is 0 Å². The minimum absolute atomic E-state index is 0.0268. The highest BCUT2D eigenvalue weighted by molar-refractivity contribution is 6.08. The highest BCUT2D eigenvalue weighted by Crippen LogP contribution is 2.34. The van der Waals surface area contributed by atoms with Gasteiger partial charge in [0.1, 0.15) is 0 Å². The van der Waals surface area contributed by atoms with E-state index >= 15 is 0 Å². The van der Waals surface area contributed by atoms with Crippen LogP contribution in [-0.4, -0.2) is 86.8 Å². The largest absolute Gasteiger partial charge is 0.381 e. The van der Waals surface area contributed by atoms with Crippen molar-refractivity contribution in [3.8, 4) is 0 Å². The van der Waals surface area contributed by atoms with E-state index in [0.29, 0.717) is 19.6 Å². The van der Waals surface area contributed by atoms with Gasteiger partial charge in [0.2, 0.25) is 0 Å². The number of fused-ring (bicyclic) bond motifs is 1. The topological polar surface area (TPSA) is 63.8 Å². The minimum Gasteiger partial charge on any atom is -0.381 e. The van der Waals surface area contributed by atoms with Crippen LogP contribution in [0.5, 0.6) is 0 Å². The second kappa shape index (κ2) is 14.5. The Kier molecular flexibility index (Phi) is 10.8. The van der Waals surface area contributed by atoms with E-state index < -0.39 is 0 Å². The van der Waals surface area contributed by atoms with Crippen LogP contribution in [0.2, 0.25) is 0 Å². The summed E-state index contributed by atoms with van der Waals surface area (Å²) in [5, 5.41) is 4.66. The number of hydrogen-bond acceptors (Lipinski definition) is 5. The number of nitrogens with one attached hydrogen (secondary N) is 2. The molecule has 41 heavy (non-hydrogen) atoms. The fraction of sp³-hybridized carbons (Fsp3) is 0.441. The van der Waals surface area contributed by atoms with Gasteiger partial charge in [0.05, 0.1) is 17.5 Å². The van der Waals surface area contributed by atoms with Crippen molar-refractivity contribution in [3.05, 3.63) is 78.0 Å². The summed E-state index contributed by atoms with van der Waals surface area (Å²) in [7, 11) is 6.36. The number of benzene rings is 2. The van der Waals surface area contributed by atoms with Crippen LogP contribution in [0.3, 0.4) is 0 Å². The van der Waals surface area contributed by atoms with Crippen molar-refractivity contribution in [3.63, 3.8) is 0 Å². The molecule has 1 atom stereocenters. The first-order chi connectivity index (χ1) is 19.8. The first-order valence-corrected chi connectivity index (χ1v) is 14.9. The quantitative estimate of drug-likeness (QED) is 0.237. The minimum atomic E-state index is -0.190. The number of aromatic nitrogens is 1. The second-order valence-corrected chi connectivity index (χ2v) is 11.5. The maximum absolute atomic E-state index is 14.0. The molecule has 1 aliphatic rings. The zero-order valence-electron chi connectivity index (χ0n) is 25.6. The fourth-order valence-electron chi connectivity index (χ4n) is 5.28. The van der Waals surface area contributed by atoms with E-state index in [1.54, 1.807) is 0 Å². The van der Waals surface area contributed by atoms with Crippen LogP contribution >= 0.6 is 0 Å². The summed E-state index contributed by atoms with van der Waals surface area (Å²) in [5.74, 6) is 0.0268. The third-order valence-electron chi connectivity index (χ3n) is 7.51. The van der Waals surface area contributed by atoms with Crippen LogP contribution in [0.15, 0.2) is 72.5 Å². The van der Waals surface area contributed by atoms with Crippen LogP contribution in [0, 0.1) is 0 Å². The highest BCUT2D eigenvalue weighted by Gasteiger charge is 2.28. The summed E-state index contributed by atoms with van der Waals surface area (Å²) >= 11 is 0. The molecule has 0 spiro atoms. The molecule has 3 aromatic rings. The fourth-order valence-corrected chi connectivity index (χ4v) is 5.28. The third-order valence-corrected chi connectivity index (χ3v) is 7.51. The van der Waals surface area contributed by atoms with Crippen molar-refractivity contribution in [1.82, 2.24) is 14.8 Å². The number of aromatic amines is 1. The molecule has 4 rings (SSSR count). The number of hydrogen-bond donors (Lipinski definition) is 2. The smallest absolute Gasteiger partial charge is 0.254 e. The lowest BCUT2D eigenvalue weighted by atomic mass is 9.89. The predicted molar refractivity (Wildman–Crippen MR) is 173 cm³/mol. The number of allylic oxidation sites excluding steroid dienone is 2. The van der Waals surface area contributed by atoms with Gasteiger partial charge in [-0.2, -0.15) is 0 Å². The normalized spacial score (nSPS) is 15.5. The van der Waals surface area contributed by atoms with Gasteiger partial charge in [-0.25, -0.2) is 0 Å². The van der Waals surface area contributed by atoms with E-state index in [9.17, 15) is 4.79 Å². The predicted octanol–water partition coefficient (Wildman–Crippen LogP) is 6.02. The monoisotopic (exact) mass is 557 g/mol. The summed E-state index contributed by atoms with van der Waals surface area (Å²) in [5.41, 5.74) is 6.01. The maximum Gasteiger partial charge on any atom is 0.254 e. The summed E-state index contributed by atoms with van der Waals surface area (Å²) in [6, 6.07) is 16.9. The molecular weight excluding hydrogens is 510 g/mol. The van der Waals surface area contributed by atoms with Gasteiger partial charge in [0.15, 0.2) is 0 Å². The molecule has 0 fully saturated rings. The van der Waals surface area contributed by atoms with Gasteiger partial charge in [-0.05, 0) is 95.2 Å². The lowest BCUT2D eigenvalue weighted by Crippen LogP contribution is -2.35. The van der Waals surface area contributed by atoms with Crippen LogP contribution in [-0.2, 0) is 9.53 Å². The van der Waals surface area contributed by atoms with Crippen LogP contribution in [0.1, 0.15) is 39.2 Å². The lowest BCUT2D eigenvalue weighted by Gasteiger charge is -2.30.